The first-order valence-electron chi connectivity index (χ1n) is 5.00. The van der Waals surface area contributed by atoms with Gasteiger partial charge < -0.3 is 4.57 Å². The van der Waals surface area contributed by atoms with E-state index in [4.69, 9.17) is 0 Å². The molecule has 0 saturated carbocycles. The second-order valence-electron chi connectivity index (χ2n) is 3.56. The number of rotatable bonds is 2. The van der Waals surface area contributed by atoms with Crippen molar-refractivity contribution in [1.82, 2.24) is 9.55 Å². The van der Waals surface area contributed by atoms with Crippen LogP contribution in [0.5, 0.6) is 0 Å². The molecule has 6 heteroatoms. The van der Waals surface area contributed by atoms with Crippen molar-refractivity contribution in [3.63, 3.8) is 0 Å². The third-order valence-corrected chi connectivity index (χ3v) is 2.48. The molecule has 0 N–H and O–H groups in total. The van der Waals surface area contributed by atoms with Gasteiger partial charge in [-0.25, -0.2) is 4.98 Å². The summed E-state index contributed by atoms with van der Waals surface area (Å²) < 4.78 is 38.5. The molecule has 0 bridgehead atoms. The van der Waals surface area contributed by atoms with Gasteiger partial charge in [-0.05, 0) is 25.1 Å². The van der Waals surface area contributed by atoms with E-state index >= 15 is 0 Å². The predicted molar refractivity (Wildman–Crippen MR) is 55.8 cm³/mol. The zero-order valence-electron chi connectivity index (χ0n) is 8.95. The molecule has 0 atom stereocenters. The first-order chi connectivity index (χ1) is 7.93. The SMILES string of the molecule is CCn1cnc2cc(C(=O)C(F)(F)F)ccc21. The maximum Gasteiger partial charge on any atom is 0.454 e. The first kappa shape index (κ1) is 11.6. The zero-order valence-corrected chi connectivity index (χ0v) is 8.95. The lowest BCUT2D eigenvalue weighted by molar-refractivity contribution is -0.0885. The number of nitrogens with zero attached hydrogens (tertiary/aromatic N) is 2. The number of alkyl halides is 3. The number of carbonyl (C=O) groups excluding carboxylic acids is 1. The van der Waals surface area contributed by atoms with Gasteiger partial charge in [0.05, 0.1) is 17.4 Å². The molecule has 0 saturated heterocycles. The molecule has 17 heavy (non-hydrogen) atoms. The second-order valence-corrected chi connectivity index (χ2v) is 3.56. The number of carbonyl (C=O) groups is 1. The van der Waals surface area contributed by atoms with E-state index in [0.717, 1.165) is 6.07 Å². The van der Waals surface area contributed by atoms with Crippen molar-refractivity contribution in [2.75, 3.05) is 0 Å². The number of Topliss-reactive ketones (excluding diaryl/α,β-unsaturated/α-hetero) is 1. The number of halogens is 3. The lowest BCUT2D eigenvalue weighted by Gasteiger charge is -2.05. The molecule has 0 aliphatic heterocycles. The Morgan fingerprint density at radius 2 is 2.12 bits per heavy atom. The van der Waals surface area contributed by atoms with E-state index in [9.17, 15) is 18.0 Å². The monoisotopic (exact) mass is 242 g/mol. The van der Waals surface area contributed by atoms with Gasteiger partial charge >= 0.3 is 6.18 Å². The summed E-state index contributed by atoms with van der Waals surface area (Å²) in [6.45, 7) is 2.57. The third kappa shape index (κ3) is 2.02. The molecule has 0 unspecified atom stereocenters. The van der Waals surface area contributed by atoms with E-state index in [1.165, 1.54) is 18.5 Å². The third-order valence-electron chi connectivity index (χ3n) is 2.48. The molecule has 0 aliphatic carbocycles. The smallest absolute Gasteiger partial charge is 0.331 e. The van der Waals surface area contributed by atoms with Crippen LogP contribution in [0.25, 0.3) is 11.0 Å². The van der Waals surface area contributed by atoms with Crippen molar-refractivity contribution in [2.24, 2.45) is 0 Å². The molecule has 3 nitrogen and oxygen atoms in total. The summed E-state index contributed by atoms with van der Waals surface area (Å²) in [6.07, 6.45) is -3.31. The summed E-state index contributed by atoms with van der Waals surface area (Å²) in [4.78, 5) is 15.0. The highest BCUT2D eigenvalue weighted by molar-refractivity contribution is 6.02. The first-order valence-corrected chi connectivity index (χ1v) is 5.00. The molecule has 0 radical (unpaired) electrons. The van der Waals surface area contributed by atoms with Crippen molar-refractivity contribution in [3.8, 4) is 0 Å². The topological polar surface area (TPSA) is 34.9 Å². The van der Waals surface area contributed by atoms with E-state index in [1.54, 1.807) is 4.57 Å². The van der Waals surface area contributed by atoms with Crippen LogP contribution in [0, 0.1) is 0 Å². The van der Waals surface area contributed by atoms with Crippen LogP contribution in [-0.2, 0) is 6.54 Å². The Bertz CT molecular complexity index is 572. The molecule has 2 aromatic rings. The van der Waals surface area contributed by atoms with Gasteiger partial charge in [0.2, 0.25) is 0 Å². The fourth-order valence-corrected chi connectivity index (χ4v) is 1.62. The Labute approximate surface area is 94.9 Å². The number of aromatic nitrogens is 2. The summed E-state index contributed by atoms with van der Waals surface area (Å²) >= 11 is 0. The fourth-order valence-electron chi connectivity index (χ4n) is 1.62. The van der Waals surface area contributed by atoms with Gasteiger partial charge in [-0.1, -0.05) is 0 Å². The van der Waals surface area contributed by atoms with Crippen molar-refractivity contribution in [2.45, 2.75) is 19.6 Å². The van der Waals surface area contributed by atoms with E-state index in [0.29, 0.717) is 17.6 Å². The number of ketones is 1. The van der Waals surface area contributed by atoms with Gasteiger partial charge in [-0.15, -0.1) is 0 Å². The van der Waals surface area contributed by atoms with Crippen molar-refractivity contribution < 1.29 is 18.0 Å². The maximum absolute atomic E-state index is 12.2. The summed E-state index contributed by atoms with van der Waals surface area (Å²) in [5.41, 5.74) is 0.722. The average molecular weight is 242 g/mol. The Kier molecular flexibility index (Phi) is 2.65. The highest BCUT2D eigenvalue weighted by Crippen LogP contribution is 2.23. The molecule has 0 amide bonds. The highest BCUT2D eigenvalue weighted by Gasteiger charge is 2.39. The van der Waals surface area contributed by atoms with Crippen LogP contribution >= 0.6 is 0 Å². The molecule has 1 aromatic heterocycles. The molecule has 0 fully saturated rings. The lowest BCUT2D eigenvalue weighted by Crippen LogP contribution is -2.22. The Hall–Kier alpha value is -1.85. The highest BCUT2D eigenvalue weighted by atomic mass is 19.4. The van der Waals surface area contributed by atoms with Crippen LogP contribution in [0.15, 0.2) is 24.5 Å². The Morgan fingerprint density at radius 1 is 1.41 bits per heavy atom. The zero-order chi connectivity index (χ0) is 12.6. The van der Waals surface area contributed by atoms with Gasteiger partial charge in [0.1, 0.15) is 0 Å². The molecule has 0 aliphatic rings. The van der Waals surface area contributed by atoms with Crippen LogP contribution < -0.4 is 0 Å². The fraction of sp³-hybridized carbons (Fsp3) is 0.273. The Morgan fingerprint density at radius 3 is 2.71 bits per heavy atom. The van der Waals surface area contributed by atoms with Crippen molar-refractivity contribution in [3.05, 3.63) is 30.1 Å². The van der Waals surface area contributed by atoms with Crippen LogP contribution in [0.1, 0.15) is 17.3 Å². The standard InChI is InChI=1S/C11H9F3N2O/c1-2-16-6-15-8-5-7(3-4-9(8)16)10(17)11(12,13)14/h3-6H,2H2,1H3. The molecule has 90 valence electrons. The molecule has 2 rings (SSSR count). The molecule has 1 heterocycles. The largest absolute Gasteiger partial charge is 0.454 e. The minimum absolute atomic E-state index is 0.383. The summed E-state index contributed by atoms with van der Waals surface area (Å²) in [5.74, 6) is -1.84. The summed E-state index contributed by atoms with van der Waals surface area (Å²) in [7, 11) is 0. The quantitative estimate of drug-likeness (QED) is 0.759. The molecule has 1 aromatic carbocycles. The van der Waals surface area contributed by atoms with Gasteiger partial charge in [0.25, 0.3) is 5.78 Å². The number of hydrogen-bond donors (Lipinski definition) is 0. The van der Waals surface area contributed by atoms with Crippen LogP contribution in [-0.4, -0.2) is 21.5 Å². The minimum atomic E-state index is -4.85. The molecule has 0 spiro atoms. The van der Waals surface area contributed by atoms with Crippen molar-refractivity contribution in [1.29, 1.82) is 0 Å². The van der Waals surface area contributed by atoms with Gasteiger partial charge in [0, 0.05) is 12.1 Å². The number of fused-ring (bicyclic) bond motifs is 1. The van der Waals surface area contributed by atoms with E-state index in [2.05, 4.69) is 4.98 Å². The summed E-state index contributed by atoms with van der Waals surface area (Å²) in [5, 5.41) is 0. The number of hydrogen-bond acceptors (Lipinski definition) is 2. The normalized spacial score (nSPS) is 12.0. The lowest BCUT2D eigenvalue weighted by atomic mass is 10.1. The van der Waals surface area contributed by atoms with E-state index < -0.39 is 12.0 Å². The predicted octanol–water partition coefficient (Wildman–Crippen LogP) is 2.80. The number of benzene rings is 1. The van der Waals surface area contributed by atoms with Crippen LogP contribution in [0.2, 0.25) is 0 Å². The van der Waals surface area contributed by atoms with E-state index in [1.807, 2.05) is 6.92 Å². The maximum atomic E-state index is 12.2. The van der Waals surface area contributed by atoms with Crippen LogP contribution in [0.3, 0.4) is 0 Å². The van der Waals surface area contributed by atoms with Gasteiger partial charge in [-0.2, -0.15) is 13.2 Å². The van der Waals surface area contributed by atoms with Crippen LogP contribution in [0.4, 0.5) is 13.2 Å². The van der Waals surface area contributed by atoms with Crippen molar-refractivity contribution >= 4 is 16.8 Å². The summed E-state index contributed by atoms with van der Waals surface area (Å²) in [6, 6.07) is 3.81. The average Bonchev–Trinajstić information content (AvgIpc) is 2.68. The van der Waals surface area contributed by atoms with E-state index in [-0.39, 0.29) is 5.56 Å². The van der Waals surface area contributed by atoms with Gasteiger partial charge in [-0.3, -0.25) is 4.79 Å². The number of aryl methyl sites for hydroxylation is 1. The molecular weight excluding hydrogens is 233 g/mol. The van der Waals surface area contributed by atoms with Gasteiger partial charge in [0.15, 0.2) is 0 Å². The Balaban J connectivity index is 2.49. The molecular formula is C11H9F3N2O. The minimum Gasteiger partial charge on any atom is -0.331 e. The second kappa shape index (κ2) is 3.87. The number of imidazole rings is 1.